The van der Waals surface area contributed by atoms with Gasteiger partial charge in [-0.1, -0.05) is 20.8 Å². The van der Waals surface area contributed by atoms with Crippen LogP contribution in [-0.2, 0) is 28.7 Å². The Morgan fingerprint density at radius 3 is 2.13 bits per heavy atom. The maximum atomic E-state index is 12.2. The molecule has 174 valence electrons. The fraction of sp³-hybridized carbons (Fsp3) is 0.750. The van der Waals surface area contributed by atoms with Crippen molar-refractivity contribution in [3.63, 3.8) is 0 Å². The van der Waals surface area contributed by atoms with Crippen LogP contribution in [0.1, 0.15) is 54.4 Å². The molecule has 0 unspecified atom stereocenters. The Bertz CT molecular complexity index is 555. The number of rotatable bonds is 12. The Hall–Kier alpha value is -2.33. The number of Topliss-reactive ketones (excluding diaryl/α,β-unsaturated/α-hetero) is 1. The van der Waals surface area contributed by atoms with Gasteiger partial charge in [0, 0.05) is 13.0 Å². The third-order valence-electron chi connectivity index (χ3n) is 2.81. The van der Waals surface area contributed by atoms with Crippen molar-refractivity contribution in [1.82, 2.24) is 10.6 Å². The quantitative estimate of drug-likeness (QED) is 0.200. The van der Waals surface area contributed by atoms with Crippen molar-refractivity contribution < 1.29 is 28.7 Å². The van der Waals surface area contributed by atoms with Crippen molar-refractivity contribution in [2.24, 2.45) is 11.7 Å². The number of nitrogens with one attached hydrogen (secondary N) is 3. The number of esters is 1. The molecular weight excluding hydrogens is 392 g/mol. The van der Waals surface area contributed by atoms with Crippen molar-refractivity contribution in [3.05, 3.63) is 0 Å². The van der Waals surface area contributed by atoms with Crippen LogP contribution in [0.15, 0.2) is 0 Å². The van der Waals surface area contributed by atoms with Gasteiger partial charge in [-0.3, -0.25) is 14.4 Å². The minimum Gasteiger partial charge on any atom is -0.458 e. The highest BCUT2D eigenvalue weighted by atomic mass is 16.6. The maximum absolute atomic E-state index is 12.2. The SMILES string of the molecule is CC(C)(C)OC(=O)[C@H](CCC(=O)C=N)NC(=O)CNC(=O)COCCN.CC(C)C. The summed E-state index contributed by atoms with van der Waals surface area (Å²) in [7, 11) is 0. The van der Waals surface area contributed by atoms with Gasteiger partial charge in [0.15, 0.2) is 5.78 Å². The van der Waals surface area contributed by atoms with Crippen LogP contribution < -0.4 is 16.4 Å². The highest BCUT2D eigenvalue weighted by Gasteiger charge is 2.27. The molecule has 0 heterocycles. The molecule has 0 saturated carbocycles. The fourth-order valence-corrected chi connectivity index (χ4v) is 1.70. The lowest BCUT2D eigenvalue weighted by Gasteiger charge is -2.24. The summed E-state index contributed by atoms with van der Waals surface area (Å²) in [6.07, 6.45) is 0.547. The number of hydrogen-bond donors (Lipinski definition) is 4. The summed E-state index contributed by atoms with van der Waals surface area (Å²) in [4.78, 5) is 46.9. The topological polar surface area (TPSA) is 161 Å². The van der Waals surface area contributed by atoms with Gasteiger partial charge in [0.1, 0.15) is 18.2 Å². The van der Waals surface area contributed by atoms with Crippen LogP contribution in [0.25, 0.3) is 0 Å². The van der Waals surface area contributed by atoms with Crippen LogP contribution in [0.2, 0.25) is 0 Å². The molecule has 10 heteroatoms. The Balaban J connectivity index is 0. The predicted molar refractivity (Wildman–Crippen MR) is 114 cm³/mol. The highest BCUT2D eigenvalue weighted by molar-refractivity contribution is 6.26. The van der Waals surface area contributed by atoms with Gasteiger partial charge in [-0.25, -0.2) is 4.79 Å². The van der Waals surface area contributed by atoms with Gasteiger partial charge in [0.2, 0.25) is 11.8 Å². The number of nitrogens with two attached hydrogens (primary N) is 1. The van der Waals surface area contributed by atoms with E-state index < -0.39 is 35.2 Å². The predicted octanol–water partition coefficient (Wildman–Crippen LogP) is 0.566. The zero-order valence-electron chi connectivity index (χ0n) is 19.0. The van der Waals surface area contributed by atoms with Crippen LogP contribution >= 0.6 is 0 Å². The lowest BCUT2D eigenvalue weighted by atomic mass is 10.1. The number of carbonyl (C=O) groups excluding carboxylic acids is 4. The van der Waals surface area contributed by atoms with E-state index in [-0.39, 0.29) is 39.1 Å². The number of carbonyl (C=O) groups is 4. The van der Waals surface area contributed by atoms with Crippen LogP contribution in [0.3, 0.4) is 0 Å². The molecule has 0 aromatic rings. The molecule has 2 amide bonds. The molecule has 0 saturated heterocycles. The average molecular weight is 431 g/mol. The molecule has 0 spiro atoms. The standard InChI is InChI=1S/C16H28N4O6.C4H10/c1-16(2,3)26-15(24)12(5-4-11(21)8-18)20-13(22)9-19-14(23)10-25-7-6-17;1-4(2)3/h8,12,18H,4-7,9-10,17H2,1-3H3,(H,19,23)(H,20,22);4H,1-3H3/t12-;/m0./s1. The van der Waals surface area contributed by atoms with E-state index in [0.717, 1.165) is 5.92 Å². The van der Waals surface area contributed by atoms with Crippen LogP contribution in [0.5, 0.6) is 0 Å². The fourth-order valence-electron chi connectivity index (χ4n) is 1.70. The first kappa shape index (κ1) is 29.9. The third kappa shape index (κ3) is 20.4. The van der Waals surface area contributed by atoms with Crippen molar-refractivity contribution in [2.45, 2.75) is 66.0 Å². The van der Waals surface area contributed by atoms with E-state index in [9.17, 15) is 19.2 Å². The average Bonchev–Trinajstić information content (AvgIpc) is 2.61. The zero-order valence-corrected chi connectivity index (χ0v) is 19.0. The third-order valence-corrected chi connectivity index (χ3v) is 2.81. The maximum Gasteiger partial charge on any atom is 0.329 e. The van der Waals surface area contributed by atoms with Crippen molar-refractivity contribution >= 4 is 29.8 Å². The summed E-state index contributed by atoms with van der Waals surface area (Å²) < 4.78 is 10.1. The van der Waals surface area contributed by atoms with Crippen molar-refractivity contribution in [1.29, 1.82) is 5.41 Å². The van der Waals surface area contributed by atoms with E-state index in [1.165, 1.54) is 0 Å². The molecule has 10 nitrogen and oxygen atoms in total. The Morgan fingerprint density at radius 2 is 1.67 bits per heavy atom. The number of ketones is 1. The van der Waals surface area contributed by atoms with Crippen LogP contribution in [0, 0.1) is 11.3 Å². The van der Waals surface area contributed by atoms with E-state index in [1.807, 2.05) is 0 Å². The smallest absolute Gasteiger partial charge is 0.329 e. The summed E-state index contributed by atoms with van der Waals surface area (Å²) in [5.41, 5.74) is 4.46. The summed E-state index contributed by atoms with van der Waals surface area (Å²) in [6, 6.07) is -1.06. The van der Waals surface area contributed by atoms with Gasteiger partial charge in [-0.15, -0.1) is 0 Å². The van der Waals surface area contributed by atoms with Crippen molar-refractivity contribution in [2.75, 3.05) is 26.3 Å². The molecule has 0 aliphatic carbocycles. The van der Waals surface area contributed by atoms with Gasteiger partial charge in [-0.2, -0.15) is 0 Å². The van der Waals surface area contributed by atoms with Gasteiger partial charge < -0.3 is 31.3 Å². The van der Waals surface area contributed by atoms with Gasteiger partial charge in [-0.05, 0) is 33.1 Å². The molecule has 0 aliphatic heterocycles. The summed E-state index contributed by atoms with van der Waals surface area (Å²) in [5, 5.41) is 11.6. The molecule has 0 bridgehead atoms. The van der Waals surface area contributed by atoms with E-state index in [2.05, 4.69) is 31.4 Å². The summed E-state index contributed by atoms with van der Waals surface area (Å²) in [5.74, 6) is -1.45. The number of ether oxygens (including phenoxy) is 2. The molecule has 1 atom stereocenters. The van der Waals surface area contributed by atoms with E-state index in [4.69, 9.17) is 20.6 Å². The Labute approximate surface area is 179 Å². The first-order valence-corrected chi connectivity index (χ1v) is 9.92. The van der Waals surface area contributed by atoms with Gasteiger partial charge in [0.05, 0.1) is 19.4 Å². The minimum absolute atomic E-state index is 0.0115. The van der Waals surface area contributed by atoms with Gasteiger partial charge in [0.25, 0.3) is 0 Å². The molecule has 0 radical (unpaired) electrons. The van der Waals surface area contributed by atoms with Crippen LogP contribution in [-0.4, -0.2) is 67.7 Å². The summed E-state index contributed by atoms with van der Waals surface area (Å²) >= 11 is 0. The lowest BCUT2D eigenvalue weighted by molar-refractivity contribution is -0.158. The van der Waals surface area contributed by atoms with Gasteiger partial charge >= 0.3 is 5.97 Å². The molecule has 0 aliphatic rings. The number of hydrogen-bond acceptors (Lipinski definition) is 8. The first-order chi connectivity index (χ1) is 13.8. The zero-order chi connectivity index (χ0) is 23.7. The molecular formula is C20H38N4O6. The second kappa shape index (κ2) is 16.5. The molecule has 0 aromatic heterocycles. The summed E-state index contributed by atoms with van der Waals surface area (Å²) in [6.45, 7) is 11.4. The van der Waals surface area contributed by atoms with E-state index in [0.29, 0.717) is 6.21 Å². The second-order valence-corrected chi connectivity index (χ2v) is 8.15. The largest absolute Gasteiger partial charge is 0.458 e. The van der Waals surface area contributed by atoms with E-state index >= 15 is 0 Å². The Morgan fingerprint density at radius 1 is 1.10 bits per heavy atom. The molecule has 0 rings (SSSR count). The molecule has 5 N–H and O–H groups in total. The Kier molecular flexibility index (Phi) is 16.4. The molecule has 0 aromatic carbocycles. The van der Waals surface area contributed by atoms with Crippen LogP contribution in [0.4, 0.5) is 0 Å². The molecule has 30 heavy (non-hydrogen) atoms. The monoisotopic (exact) mass is 430 g/mol. The number of amides is 2. The normalized spacial score (nSPS) is 11.6. The molecule has 0 fully saturated rings. The second-order valence-electron chi connectivity index (χ2n) is 8.15. The lowest BCUT2D eigenvalue weighted by Crippen LogP contribution is -2.48. The first-order valence-electron chi connectivity index (χ1n) is 9.92. The van der Waals surface area contributed by atoms with Crippen molar-refractivity contribution in [3.8, 4) is 0 Å². The highest BCUT2D eigenvalue weighted by Crippen LogP contribution is 2.11. The minimum atomic E-state index is -1.06. The van der Waals surface area contributed by atoms with E-state index in [1.54, 1.807) is 20.8 Å².